The van der Waals surface area contributed by atoms with Crippen LogP contribution in [0, 0.1) is 34.5 Å². The van der Waals surface area contributed by atoms with Gasteiger partial charge in [-0.3, -0.25) is 9.59 Å². The molecule has 0 saturated heterocycles. The van der Waals surface area contributed by atoms with E-state index in [1.54, 1.807) is 0 Å². The minimum absolute atomic E-state index is 0.0400. The highest BCUT2D eigenvalue weighted by molar-refractivity contribution is 5.77. The van der Waals surface area contributed by atoms with Gasteiger partial charge in [-0.15, -0.1) is 0 Å². The molecule has 2 fully saturated rings. The Bertz CT molecular complexity index is 757. The predicted octanol–water partition coefficient (Wildman–Crippen LogP) is 3.65. The number of carboxylic acids is 1. The Balaban J connectivity index is 1.39. The summed E-state index contributed by atoms with van der Waals surface area (Å²) in [5.74, 6) is 1.26. The standard InChI is InChI=1S/C24H36N2O3/c1-3-15-5-17-9-23(13-25,19(17)7-15)11-21(27)26-14-24(12-22(28)29)10-18-6-16(4-2)8-20(18)24/h7-8,17-20H,3-6,9-14,25H2,1-2H3,(H,26,27)(H,28,29)/t17-,18-,19-,20-,23-,24-/m1/s1. The summed E-state index contributed by atoms with van der Waals surface area (Å²) >= 11 is 0. The highest BCUT2D eigenvalue weighted by Crippen LogP contribution is 2.61. The Labute approximate surface area is 174 Å². The molecule has 0 heterocycles. The van der Waals surface area contributed by atoms with E-state index in [0.717, 1.165) is 32.1 Å². The zero-order chi connectivity index (χ0) is 20.8. The van der Waals surface area contributed by atoms with Crippen molar-refractivity contribution in [2.75, 3.05) is 13.1 Å². The molecule has 0 spiro atoms. The summed E-state index contributed by atoms with van der Waals surface area (Å²) in [6, 6.07) is 0. The highest BCUT2D eigenvalue weighted by atomic mass is 16.4. The Hall–Kier alpha value is -1.62. The lowest BCUT2D eigenvalue weighted by Crippen LogP contribution is -2.55. The van der Waals surface area contributed by atoms with Crippen molar-refractivity contribution >= 4 is 11.9 Å². The molecule has 4 rings (SSSR count). The molecule has 0 unspecified atom stereocenters. The minimum atomic E-state index is -0.764. The monoisotopic (exact) mass is 400 g/mol. The number of carbonyl (C=O) groups excluding carboxylic acids is 1. The van der Waals surface area contributed by atoms with E-state index in [1.165, 1.54) is 17.6 Å². The number of amides is 1. The van der Waals surface area contributed by atoms with Gasteiger partial charge in [0.05, 0.1) is 6.42 Å². The Morgan fingerprint density at radius 3 is 2.10 bits per heavy atom. The van der Waals surface area contributed by atoms with Gasteiger partial charge in [0.2, 0.25) is 5.91 Å². The average Bonchev–Trinajstić information content (AvgIpc) is 3.21. The van der Waals surface area contributed by atoms with E-state index in [2.05, 4.69) is 31.3 Å². The fourth-order valence-corrected chi connectivity index (χ4v) is 7.00. The number of hydrogen-bond acceptors (Lipinski definition) is 3. The molecular weight excluding hydrogens is 364 g/mol. The smallest absolute Gasteiger partial charge is 0.303 e. The first-order valence-electron chi connectivity index (χ1n) is 11.4. The Morgan fingerprint density at radius 2 is 1.59 bits per heavy atom. The number of nitrogens with two attached hydrogens (primary N) is 1. The van der Waals surface area contributed by atoms with E-state index in [0.29, 0.717) is 43.2 Å². The minimum Gasteiger partial charge on any atom is -0.481 e. The third kappa shape index (κ3) is 3.45. The molecule has 160 valence electrons. The summed E-state index contributed by atoms with van der Waals surface area (Å²) < 4.78 is 0. The summed E-state index contributed by atoms with van der Waals surface area (Å²) in [6.45, 7) is 5.37. The summed E-state index contributed by atoms with van der Waals surface area (Å²) in [7, 11) is 0. The van der Waals surface area contributed by atoms with Gasteiger partial charge in [0.25, 0.3) is 0 Å². The van der Waals surface area contributed by atoms with Gasteiger partial charge in [-0.25, -0.2) is 0 Å². The highest BCUT2D eigenvalue weighted by Gasteiger charge is 2.57. The second-order valence-corrected chi connectivity index (χ2v) is 10.2. The van der Waals surface area contributed by atoms with Crippen LogP contribution in [0.25, 0.3) is 0 Å². The summed E-state index contributed by atoms with van der Waals surface area (Å²) in [6.07, 6.45) is 11.6. The molecule has 4 aliphatic carbocycles. The van der Waals surface area contributed by atoms with Crippen molar-refractivity contribution in [1.82, 2.24) is 5.32 Å². The number of aliphatic carboxylic acids is 1. The number of carbonyl (C=O) groups is 2. The van der Waals surface area contributed by atoms with Crippen LogP contribution in [0.4, 0.5) is 0 Å². The Kier molecular flexibility index (Phi) is 5.39. The first-order valence-corrected chi connectivity index (χ1v) is 11.4. The van der Waals surface area contributed by atoms with Crippen molar-refractivity contribution in [3.63, 3.8) is 0 Å². The Morgan fingerprint density at radius 1 is 1.03 bits per heavy atom. The van der Waals surface area contributed by atoms with Gasteiger partial charge in [-0.1, -0.05) is 37.1 Å². The molecule has 0 bridgehead atoms. The maximum Gasteiger partial charge on any atom is 0.303 e. The van der Waals surface area contributed by atoms with Gasteiger partial charge >= 0.3 is 5.97 Å². The van der Waals surface area contributed by atoms with Crippen molar-refractivity contribution in [1.29, 1.82) is 0 Å². The average molecular weight is 401 g/mol. The van der Waals surface area contributed by atoms with E-state index < -0.39 is 5.97 Å². The number of fused-ring (bicyclic) bond motifs is 2. The lowest BCUT2D eigenvalue weighted by Gasteiger charge is -2.53. The fraction of sp³-hybridized carbons (Fsp3) is 0.750. The van der Waals surface area contributed by atoms with Crippen LogP contribution in [0.2, 0.25) is 0 Å². The molecule has 1 amide bonds. The molecule has 6 atom stereocenters. The first kappa shape index (κ1) is 20.6. The van der Waals surface area contributed by atoms with Gasteiger partial charge in [-0.2, -0.15) is 0 Å². The van der Waals surface area contributed by atoms with Crippen LogP contribution in [0.3, 0.4) is 0 Å². The lowest BCUT2D eigenvalue weighted by atomic mass is 9.52. The van der Waals surface area contributed by atoms with E-state index >= 15 is 0 Å². The van der Waals surface area contributed by atoms with Crippen LogP contribution in [0.15, 0.2) is 23.3 Å². The first-order chi connectivity index (χ1) is 13.8. The van der Waals surface area contributed by atoms with Crippen molar-refractivity contribution in [3.05, 3.63) is 23.3 Å². The molecule has 4 aliphatic rings. The zero-order valence-electron chi connectivity index (χ0n) is 17.9. The zero-order valence-corrected chi connectivity index (χ0v) is 17.9. The van der Waals surface area contributed by atoms with Crippen LogP contribution in [-0.4, -0.2) is 30.1 Å². The van der Waals surface area contributed by atoms with Gasteiger partial charge in [0.1, 0.15) is 0 Å². The van der Waals surface area contributed by atoms with Crippen LogP contribution >= 0.6 is 0 Å². The normalized spacial score (nSPS) is 39.6. The molecule has 2 saturated carbocycles. The molecule has 0 radical (unpaired) electrons. The number of allylic oxidation sites excluding steroid dienone is 4. The number of hydrogen-bond donors (Lipinski definition) is 3. The van der Waals surface area contributed by atoms with Gasteiger partial charge < -0.3 is 16.2 Å². The van der Waals surface area contributed by atoms with Crippen molar-refractivity contribution in [2.45, 2.75) is 65.2 Å². The number of nitrogens with one attached hydrogen (secondary N) is 1. The molecule has 5 heteroatoms. The third-order valence-corrected chi connectivity index (χ3v) is 8.61. The summed E-state index contributed by atoms with van der Waals surface area (Å²) in [5, 5.41) is 12.6. The quantitative estimate of drug-likeness (QED) is 0.515. The molecule has 0 aromatic rings. The number of rotatable bonds is 9. The molecule has 0 aromatic carbocycles. The maximum atomic E-state index is 12.9. The van der Waals surface area contributed by atoms with Crippen molar-refractivity contribution < 1.29 is 14.7 Å². The SMILES string of the molecule is CCC1=C[C@@H]2[C@H](C1)C[C@]2(CNC(=O)C[C@@]1(CN)C[C@H]2CC(CC)=C[C@H]21)CC(=O)O. The summed E-state index contributed by atoms with van der Waals surface area (Å²) in [5.41, 5.74) is 8.69. The number of carboxylic acid groups (broad SMARTS) is 1. The van der Waals surface area contributed by atoms with Gasteiger partial charge in [0, 0.05) is 18.4 Å². The van der Waals surface area contributed by atoms with E-state index in [-0.39, 0.29) is 23.2 Å². The summed E-state index contributed by atoms with van der Waals surface area (Å²) in [4.78, 5) is 24.4. The van der Waals surface area contributed by atoms with Crippen molar-refractivity contribution in [3.8, 4) is 0 Å². The largest absolute Gasteiger partial charge is 0.481 e. The molecule has 29 heavy (non-hydrogen) atoms. The fourth-order valence-electron chi connectivity index (χ4n) is 7.00. The molecular formula is C24H36N2O3. The molecule has 5 nitrogen and oxygen atoms in total. The topological polar surface area (TPSA) is 92.4 Å². The molecule has 0 aromatic heterocycles. The van der Waals surface area contributed by atoms with E-state index in [1.807, 2.05) is 0 Å². The lowest BCUT2D eigenvalue weighted by molar-refractivity contribution is -0.146. The van der Waals surface area contributed by atoms with Gasteiger partial charge in [-0.05, 0) is 74.2 Å². The van der Waals surface area contributed by atoms with E-state index in [4.69, 9.17) is 5.73 Å². The molecule has 0 aliphatic heterocycles. The van der Waals surface area contributed by atoms with Crippen LogP contribution in [0.5, 0.6) is 0 Å². The third-order valence-electron chi connectivity index (χ3n) is 8.61. The molecule has 4 N–H and O–H groups in total. The second kappa shape index (κ2) is 7.57. The van der Waals surface area contributed by atoms with Crippen LogP contribution < -0.4 is 11.1 Å². The van der Waals surface area contributed by atoms with Crippen LogP contribution in [0.1, 0.15) is 65.2 Å². The second-order valence-electron chi connectivity index (χ2n) is 10.2. The maximum absolute atomic E-state index is 12.9. The van der Waals surface area contributed by atoms with Gasteiger partial charge in [0.15, 0.2) is 0 Å². The van der Waals surface area contributed by atoms with Crippen LogP contribution in [-0.2, 0) is 9.59 Å². The predicted molar refractivity (Wildman–Crippen MR) is 113 cm³/mol. The van der Waals surface area contributed by atoms with Crippen molar-refractivity contribution in [2.24, 2.45) is 40.2 Å². The van der Waals surface area contributed by atoms with E-state index in [9.17, 15) is 14.7 Å².